The van der Waals surface area contributed by atoms with Crippen molar-refractivity contribution in [2.45, 2.75) is 40.5 Å². The maximum absolute atomic E-state index is 4.32. The quantitative estimate of drug-likeness (QED) is 0.541. The van der Waals surface area contributed by atoms with Gasteiger partial charge in [0.15, 0.2) is 0 Å². The van der Waals surface area contributed by atoms with Gasteiger partial charge in [0.1, 0.15) is 0 Å². The molecule has 0 aromatic carbocycles. The summed E-state index contributed by atoms with van der Waals surface area (Å²) in [6.07, 6.45) is 4.52. The number of nitrogens with zero attached hydrogens (tertiary/aromatic N) is 1. The number of rotatable bonds is 5. The summed E-state index contributed by atoms with van der Waals surface area (Å²) in [6.45, 7) is 9.89. The first-order valence-corrected chi connectivity index (χ1v) is 4.66. The highest BCUT2D eigenvalue weighted by Gasteiger charge is 2.00. The standard InChI is InChI=1S/C10H21N/c1-5-6-11-8-10(4)7-9(2)3/h8-10H,5-7H2,1-4H3. The van der Waals surface area contributed by atoms with Crippen LogP contribution in [0.2, 0.25) is 0 Å². The number of aliphatic imine (C=N–C) groups is 1. The van der Waals surface area contributed by atoms with Crippen LogP contribution >= 0.6 is 0 Å². The minimum atomic E-state index is 0.654. The van der Waals surface area contributed by atoms with Gasteiger partial charge in [-0.1, -0.05) is 27.7 Å². The lowest BCUT2D eigenvalue weighted by atomic mass is 10.0. The Morgan fingerprint density at radius 3 is 2.36 bits per heavy atom. The summed E-state index contributed by atoms with van der Waals surface area (Å²) < 4.78 is 0. The summed E-state index contributed by atoms with van der Waals surface area (Å²) in [6, 6.07) is 0. The summed E-state index contributed by atoms with van der Waals surface area (Å²) in [4.78, 5) is 4.32. The van der Waals surface area contributed by atoms with E-state index in [-0.39, 0.29) is 0 Å². The van der Waals surface area contributed by atoms with E-state index in [9.17, 15) is 0 Å². The molecule has 0 bridgehead atoms. The summed E-state index contributed by atoms with van der Waals surface area (Å²) in [5, 5.41) is 0. The fourth-order valence-electron chi connectivity index (χ4n) is 1.19. The Morgan fingerprint density at radius 1 is 1.27 bits per heavy atom. The van der Waals surface area contributed by atoms with Crippen LogP contribution in [-0.4, -0.2) is 12.8 Å². The van der Waals surface area contributed by atoms with Crippen molar-refractivity contribution >= 4 is 6.21 Å². The zero-order valence-electron chi connectivity index (χ0n) is 8.30. The van der Waals surface area contributed by atoms with Crippen molar-refractivity contribution in [3.05, 3.63) is 0 Å². The van der Waals surface area contributed by atoms with Crippen LogP contribution in [0.5, 0.6) is 0 Å². The molecule has 1 nitrogen and oxygen atoms in total. The van der Waals surface area contributed by atoms with Gasteiger partial charge in [-0.2, -0.15) is 0 Å². The van der Waals surface area contributed by atoms with E-state index in [0.717, 1.165) is 18.9 Å². The van der Waals surface area contributed by atoms with E-state index in [1.165, 1.54) is 6.42 Å². The van der Waals surface area contributed by atoms with Crippen molar-refractivity contribution < 1.29 is 0 Å². The highest BCUT2D eigenvalue weighted by molar-refractivity contribution is 5.60. The van der Waals surface area contributed by atoms with Crippen LogP contribution in [0.3, 0.4) is 0 Å². The van der Waals surface area contributed by atoms with Gasteiger partial charge in [-0.05, 0) is 24.7 Å². The Kier molecular flexibility index (Phi) is 6.19. The van der Waals surface area contributed by atoms with Gasteiger partial charge in [-0.15, -0.1) is 0 Å². The molecule has 0 N–H and O–H groups in total. The largest absolute Gasteiger partial charge is 0.297 e. The van der Waals surface area contributed by atoms with Crippen LogP contribution < -0.4 is 0 Å². The average Bonchev–Trinajstić information content (AvgIpc) is 1.86. The second-order valence-corrected chi connectivity index (χ2v) is 3.66. The van der Waals surface area contributed by atoms with Gasteiger partial charge < -0.3 is 0 Å². The first kappa shape index (κ1) is 10.7. The fourth-order valence-corrected chi connectivity index (χ4v) is 1.19. The molecule has 1 heteroatoms. The molecular formula is C10H21N. The predicted octanol–water partition coefficient (Wildman–Crippen LogP) is 3.15. The minimum Gasteiger partial charge on any atom is -0.297 e. The van der Waals surface area contributed by atoms with Gasteiger partial charge in [-0.25, -0.2) is 0 Å². The lowest BCUT2D eigenvalue weighted by molar-refractivity contribution is 0.526. The molecule has 0 spiro atoms. The number of hydrogen-bond donors (Lipinski definition) is 0. The van der Waals surface area contributed by atoms with Crippen molar-refractivity contribution in [1.82, 2.24) is 0 Å². The lowest BCUT2D eigenvalue weighted by Gasteiger charge is -2.07. The lowest BCUT2D eigenvalue weighted by Crippen LogP contribution is -2.01. The highest BCUT2D eigenvalue weighted by atomic mass is 14.7. The molecule has 0 radical (unpaired) electrons. The molecule has 0 saturated carbocycles. The molecule has 1 unspecified atom stereocenters. The maximum Gasteiger partial charge on any atom is 0.0382 e. The molecule has 66 valence electrons. The molecule has 0 fully saturated rings. The molecule has 0 aliphatic heterocycles. The van der Waals surface area contributed by atoms with Gasteiger partial charge in [-0.3, -0.25) is 4.99 Å². The number of hydrogen-bond acceptors (Lipinski definition) is 1. The molecule has 0 aromatic rings. The van der Waals surface area contributed by atoms with Crippen molar-refractivity contribution in [3.8, 4) is 0 Å². The average molecular weight is 155 g/mol. The second-order valence-electron chi connectivity index (χ2n) is 3.66. The molecule has 0 amide bonds. The Hall–Kier alpha value is -0.330. The topological polar surface area (TPSA) is 12.4 Å². The van der Waals surface area contributed by atoms with Crippen LogP contribution in [0.4, 0.5) is 0 Å². The molecule has 0 aromatic heterocycles. The summed E-state index contributed by atoms with van der Waals surface area (Å²) in [5.74, 6) is 1.44. The van der Waals surface area contributed by atoms with E-state index < -0.39 is 0 Å². The Morgan fingerprint density at radius 2 is 1.91 bits per heavy atom. The van der Waals surface area contributed by atoms with Crippen LogP contribution in [0.15, 0.2) is 4.99 Å². The summed E-state index contributed by atoms with van der Waals surface area (Å²) in [7, 11) is 0. The molecule has 1 atom stereocenters. The minimum absolute atomic E-state index is 0.654. The summed E-state index contributed by atoms with van der Waals surface area (Å²) in [5.41, 5.74) is 0. The van der Waals surface area contributed by atoms with Crippen LogP contribution in [0.25, 0.3) is 0 Å². The Balaban J connectivity index is 3.42. The van der Waals surface area contributed by atoms with Crippen molar-refractivity contribution in [3.63, 3.8) is 0 Å². The van der Waals surface area contributed by atoms with Crippen molar-refractivity contribution in [2.75, 3.05) is 6.54 Å². The van der Waals surface area contributed by atoms with E-state index in [4.69, 9.17) is 0 Å². The highest BCUT2D eigenvalue weighted by Crippen LogP contribution is 2.08. The van der Waals surface area contributed by atoms with Gasteiger partial charge in [0, 0.05) is 12.8 Å². The summed E-state index contributed by atoms with van der Waals surface area (Å²) >= 11 is 0. The molecule has 0 heterocycles. The van der Waals surface area contributed by atoms with Crippen LogP contribution in [-0.2, 0) is 0 Å². The monoisotopic (exact) mass is 155 g/mol. The molecule has 0 rings (SSSR count). The van der Waals surface area contributed by atoms with Gasteiger partial charge >= 0.3 is 0 Å². The molecular weight excluding hydrogens is 134 g/mol. The zero-order chi connectivity index (χ0) is 8.69. The molecule has 0 aliphatic rings. The Bertz CT molecular complexity index is 105. The normalized spacial score (nSPS) is 14.6. The first-order chi connectivity index (χ1) is 5.16. The predicted molar refractivity (Wildman–Crippen MR) is 52.3 cm³/mol. The van der Waals surface area contributed by atoms with Crippen LogP contribution in [0, 0.1) is 11.8 Å². The third kappa shape index (κ3) is 7.57. The zero-order valence-corrected chi connectivity index (χ0v) is 8.30. The molecule has 0 aliphatic carbocycles. The molecule has 11 heavy (non-hydrogen) atoms. The smallest absolute Gasteiger partial charge is 0.0382 e. The van der Waals surface area contributed by atoms with Gasteiger partial charge in [0.2, 0.25) is 0 Å². The van der Waals surface area contributed by atoms with Crippen molar-refractivity contribution in [2.24, 2.45) is 16.8 Å². The SMILES string of the molecule is CCCN=CC(C)CC(C)C. The van der Waals surface area contributed by atoms with Crippen molar-refractivity contribution in [1.29, 1.82) is 0 Å². The second kappa shape index (κ2) is 6.38. The first-order valence-electron chi connectivity index (χ1n) is 4.66. The maximum atomic E-state index is 4.32. The van der Waals surface area contributed by atoms with E-state index in [0.29, 0.717) is 5.92 Å². The van der Waals surface area contributed by atoms with Gasteiger partial charge in [0.05, 0.1) is 0 Å². The molecule has 0 saturated heterocycles. The van der Waals surface area contributed by atoms with Crippen LogP contribution in [0.1, 0.15) is 40.5 Å². The Labute approximate surface area is 70.9 Å². The third-order valence-electron chi connectivity index (χ3n) is 1.56. The fraction of sp³-hybridized carbons (Fsp3) is 0.900. The van der Waals surface area contributed by atoms with E-state index in [1.807, 2.05) is 0 Å². The van der Waals surface area contributed by atoms with E-state index in [1.54, 1.807) is 0 Å². The van der Waals surface area contributed by atoms with E-state index in [2.05, 4.69) is 38.9 Å². The third-order valence-corrected chi connectivity index (χ3v) is 1.56. The van der Waals surface area contributed by atoms with E-state index >= 15 is 0 Å². The van der Waals surface area contributed by atoms with Gasteiger partial charge in [0.25, 0.3) is 0 Å².